The van der Waals surface area contributed by atoms with Crippen LogP contribution in [0.1, 0.15) is 5.56 Å². The molecule has 0 bridgehead atoms. The van der Waals surface area contributed by atoms with Gasteiger partial charge in [0.2, 0.25) is 0 Å². The van der Waals surface area contributed by atoms with Gasteiger partial charge in [0.1, 0.15) is 11.7 Å². The summed E-state index contributed by atoms with van der Waals surface area (Å²) in [5, 5.41) is 14.8. The predicted octanol–water partition coefficient (Wildman–Crippen LogP) is 10.8. The molecule has 7 nitrogen and oxygen atoms in total. The van der Waals surface area contributed by atoms with Gasteiger partial charge in [-0.05, 0) is 95.1 Å². The van der Waals surface area contributed by atoms with Gasteiger partial charge in [-0.15, -0.1) is 0 Å². The average molecular weight is 692 g/mol. The van der Waals surface area contributed by atoms with E-state index in [9.17, 15) is 5.26 Å². The molecule has 10 rings (SSSR count). The first-order valence-corrected chi connectivity index (χ1v) is 17.7. The van der Waals surface area contributed by atoms with Crippen molar-refractivity contribution in [2.45, 2.75) is 0 Å². The predicted molar refractivity (Wildman–Crippen MR) is 215 cm³/mol. The highest BCUT2D eigenvalue weighted by molar-refractivity contribution is 6.23. The molecule has 10 aromatic rings. The third-order valence-corrected chi connectivity index (χ3v) is 10.2. The zero-order chi connectivity index (χ0) is 36.0. The van der Waals surface area contributed by atoms with E-state index in [0.29, 0.717) is 5.56 Å². The van der Waals surface area contributed by atoms with E-state index in [-0.39, 0.29) is 0 Å². The lowest BCUT2D eigenvalue weighted by Crippen LogP contribution is -2.09. The minimum Gasteiger partial charge on any atom is -0.295 e. The van der Waals surface area contributed by atoms with Crippen LogP contribution in [0.25, 0.3) is 88.7 Å². The summed E-state index contributed by atoms with van der Waals surface area (Å²) in [7, 11) is 0. The van der Waals surface area contributed by atoms with Crippen molar-refractivity contribution in [3.05, 3.63) is 183 Å². The van der Waals surface area contributed by atoms with Crippen LogP contribution >= 0.6 is 0 Å². The largest absolute Gasteiger partial charge is 0.295 e. The first-order chi connectivity index (χ1) is 26.8. The van der Waals surface area contributed by atoms with Crippen molar-refractivity contribution >= 4 is 32.8 Å². The molecular weight excluding hydrogens is 663 g/mol. The number of para-hydroxylation sites is 3. The second kappa shape index (κ2) is 12.8. The molecule has 0 N–H and O–H groups in total. The Bertz CT molecular complexity index is 2920. The number of pyridine rings is 4. The van der Waals surface area contributed by atoms with Gasteiger partial charge >= 0.3 is 0 Å². The average Bonchev–Trinajstić information content (AvgIpc) is 3.77. The fourth-order valence-electron chi connectivity index (χ4n) is 8.05. The van der Waals surface area contributed by atoms with E-state index >= 15 is 0 Å². The minimum atomic E-state index is 0.547. The second-order valence-corrected chi connectivity index (χ2v) is 13.0. The van der Waals surface area contributed by atoms with Crippen LogP contribution in [0.5, 0.6) is 0 Å². The molecule has 0 amide bonds. The summed E-state index contributed by atoms with van der Waals surface area (Å²) < 4.78 is 4.79. The van der Waals surface area contributed by atoms with E-state index < -0.39 is 0 Å². The van der Waals surface area contributed by atoms with Crippen LogP contribution < -0.4 is 0 Å². The number of fused-ring (bicyclic) bond motifs is 5. The second-order valence-electron chi connectivity index (χ2n) is 13.0. The van der Waals surface area contributed by atoms with E-state index in [2.05, 4.69) is 108 Å². The first-order valence-electron chi connectivity index (χ1n) is 17.7. The van der Waals surface area contributed by atoms with Crippen molar-refractivity contribution in [2.24, 2.45) is 0 Å². The number of benzene rings is 4. The molecule has 0 saturated heterocycles. The van der Waals surface area contributed by atoms with Crippen molar-refractivity contribution < 1.29 is 0 Å². The van der Waals surface area contributed by atoms with Gasteiger partial charge in [0.25, 0.3) is 0 Å². The van der Waals surface area contributed by atoms with Gasteiger partial charge < -0.3 is 0 Å². The highest BCUT2D eigenvalue weighted by Gasteiger charge is 2.32. The molecule has 0 radical (unpaired) electrons. The summed E-state index contributed by atoms with van der Waals surface area (Å²) in [6.07, 6.45) is 14.4. The van der Waals surface area contributed by atoms with Crippen LogP contribution in [-0.2, 0) is 0 Å². The summed E-state index contributed by atoms with van der Waals surface area (Å²) in [6, 6.07) is 46.5. The molecule has 7 heteroatoms. The number of nitriles is 1. The van der Waals surface area contributed by atoms with Gasteiger partial charge in [0, 0.05) is 93.7 Å². The molecule has 6 heterocycles. The van der Waals surface area contributed by atoms with E-state index in [1.165, 1.54) is 0 Å². The Hall–Kier alpha value is -7.69. The number of nitrogens with zero attached hydrogens (tertiary/aromatic N) is 7. The SMILES string of the molecule is N#Cc1c(-c2ccncc2)c(-c2ccncc2)c(-n2c3ccccc3c3c4ccccc4n(-c4ccccc4)c32)c(-c2ccncc2)c1-c1ccncc1. The topological polar surface area (TPSA) is 85.2 Å². The van der Waals surface area contributed by atoms with Crippen molar-refractivity contribution in [1.82, 2.24) is 29.1 Å². The molecule has 0 unspecified atom stereocenters. The molecule has 54 heavy (non-hydrogen) atoms. The summed E-state index contributed by atoms with van der Waals surface area (Å²) in [5.41, 5.74) is 12.7. The number of aromatic nitrogens is 6. The van der Waals surface area contributed by atoms with E-state index in [0.717, 1.165) is 88.7 Å². The standard InChI is InChI=1S/C47H29N7/c48-30-38-41(31-14-22-49-23-15-31)43(33-18-26-51-27-19-33)46(44(34-20-28-52-29-21-34)42(38)32-16-24-50-25-17-32)54-40-13-7-5-11-37(40)45-36-10-4-6-12-39(36)53(47(45)54)35-8-2-1-3-9-35/h1-29H. The van der Waals surface area contributed by atoms with E-state index in [1.54, 1.807) is 24.8 Å². The van der Waals surface area contributed by atoms with Crippen LogP contribution in [0.3, 0.4) is 0 Å². The lowest BCUT2D eigenvalue weighted by Gasteiger charge is -2.27. The van der Waals surface area contributed by atoms with Crippen molar-refractivity contribution in [3.63, 3.8) is 0 Å². The molecule has 0 aliphatic heterocycles. The molecule has 0 aliphatic rings. The molecule has 0 fully saturated rings. The Labute approximate surface area is 310 Å². The lowest BCUT2D eigenvalue weighted by molar-refractivity contribution is 1.07. The molecule has 4 aromatic carbocycles. The third-order valence-electron chi connectivity index (χ3n) is 10.2. The van der Waals surface area contributed by atoms with E-state index in [1.807, 2.05) is 79.4 Å². The minimum absolute atomic E-state index is 0.547. The Balaban J connectivity index is 1.56. The summed E-state index contributed by atoms with van der Waals surface area (Å²) in [4.78, 5) is 17.6. The van der Waals surface area contributed by atoms with E-state index in [4.69, 9.17) is 0 Å². The van der Waals surface area contributed by atoms with Crippen molar-refractivity contribution in [1.29, 1.82) is 5.26 Å². The maximum absolute atomic E-state index is 11.4. The third kappa shape index (κ3) is 4.75. The molecule has 0 spiro atoms. The highest BCUT2D eigenvalue weighted by atomic mass is 15.1. The zero-order valence-electron chi connectivity index (χ0n) is 28.9. The molecular formula is C47H29N7. The summed E-state index contributed by atoms with van der Waals surface area (Å²) in [6.45, 7) is 0. The van der Waals surface area contributed by atoms with Crippen LogP contribution in [0.2, 0.25) is 0 Å². The highest BCUT2D eigenvalue weighted by Crippen LogP contribution is 2.52. The number of hydrogen-bond donors (Lipinski definition) is 0. The summed E-state index contributed by atoms with van der Waals surface area (Å²) in [5.74, 6) is 0. The van der Waals surface area contributed by atoms with Gasteiger partial charge in [0.15, 0.2) is 0 Å². The Morgan fingerprint density at radius 1 is 0.407 bits per heavy atom. The van der Waals surface area contributed by atoms with Crippen molar-refractivity contribution in [2.75, 3.05) is 0 Å². The molecule has 0 atom stereocenters. The number of hydrogen-bond acceptors (Lipinski definition) is 5. The van der Waals surface area contributed by atoms with Gasteiger partial charge in [0.05, 0.1) is 22.3 Å². The van der Waals surface area contributed by atoms with Crippen LogP contribution in [0, 0.1) is 11.3 Å². The maximum atomic E-state index is 11.4. The molecule has 252 valence electrons. The Kier molecular flexibility index (Phi) is 7.38. The lowest BCUT2D eigenvalue weighted by atomic mass is 9.80. The van der Waals surface area contributed by atoms with Crippen LogP contribution in [0.4, 0.5) is 0 Å². The smallest absolute Gasteiger partial charge is 0.131 e. The van der Waals surface area contributed by atoms with Crippen molar-refractivity contribution in [3.8, 4) is 62.0 Å². The van der Waals surface area contributed by atoms with Gasteiger partial charge in [-0.2, -0.15) is 5.26 Å². The fraction of sp³-hybridized carbons (Fsp3) is 0. The van der Waals surface area contributed by atoms with Gasteiger partial charge in [-0.3, -0.25) is 29.1 Å². The quantitative estimate of drug-likeness (QED) is 0.173. The first kappa shape index (κ1) is 31.1. The van der Waals surface area contributed by atoms with Crippen LogP contribution in [0.15, 0.2) is 177 Å². The summed E-state index contributed by atoms with van der Waals surface area (Å²) >= 11 is 0. The number of rotatable bonds is 6. The monoisotopic (exact) mass is 691 g/mol. The molecule has 0 saturated carbocycles. The normalized spacial score (nSPS) is 11.3. The van der Waals surface area contributed by atoms with Crippen LogP contribution in [-0.4, -0.2) is 29.1 Å². The Morgan fingerprint density at radius 2 is 0.796 bits per heavy atom. The molecule has 0 aliphatic carbocycles. The molecule has 6 aromatic heterocycles. The zero-order valence-corrected chi connectivity index (χ0v) is 28.9. The maximum Gasteiger partial charge on any atom is 0.131 e. The Morgan fingerprint density at radius 3 is 1.24 bits per heavy atom. The fourth-order valence-corrected chi connectivity index (χ4v) is 8.05. The van der Waals surface area contributed by atoms with Gasteiger partial charge in [-0.1, -0.05) is 54.6 Å². The van der Waals surface area contributed by atoms with Gasteiger partial charge in [-0.25, -0.2) is 0 Å².